The van der Waals surface area contributed by atoms with Crippen LogP contribution in [0, 0.1) is 6.92 Å². The maximum Gasteiger partial charge on any atom is 0.245 e. The summed E-state index contributed by atoms with van der Waals surface area (Å²) in [6.07, 6.45) is -0.790. The third-order valence-electron chi connectivity index (χ3n) is 6.24. The highest BCUT2D eigenvalue weighted by Gasteiger charge is 2.45. The van der Waals surface area contributed by atoms with Gasteiger partial charge in [-0.2, -0.15) is 4.31 Å². The van der Waals surface area contributed by atoms with Gasteiger partial charge in [0.05, 0.1) is 17.5 Å². The second-order valence-corrected chi connectivity index (χ2v) is 10.4. The number of rotatable bonds is 6. The summed E-state index contributed by atoms with van der Waals surface area (Å²) in [6.45, 7) is 2.05. The molecule has 1 fully saturated rings. The molecule has 0 bridgehead atoms. The molecule has 0 radical (unpaired) electrons. The maximum atomic E-state index is 13.9. The number of benzene rings is 4. The lowest BCUT2D eigenvalue weighted by atomic mass is 10.0. The van der Waals surface area contributed by atoms with E-state index in [1.807, 2.05) is 55.5 Å². The predicted molar refractivity (Wildman–Crippen MR) is 132 cm³/mol. The number of carbonyl (C=O) groups is 1. The zero-order chi connectivity index (χ0) is 23.7. The molecule has 1 saturated heterocycles. The minimum atomic E-state index is -3.94. The molecule has 4 aromatic carbocycles. The molecule has 6 heteroatoms. The van der Waals surface area contributed by atoms with Gasteiger partial charge in [0.15, 0.2) is 12.0 Å². The van der Waals surface area contributed by atoms with Gasteiger partial charge in [-0.25, -0.2) is 8.42 Å². The van der Waals surface area contributed by atoms with Crippen molar-refractivity contribution in [3.8, 4) is 0 Å². The van der Waals surface area contributed by atoms with Crippen LogP contribution in [-0.2, 0) is 14.8 Å². The second-order valence-electron chi connectivity index (χ2n) is 8.55. The molecule has 0 saturated carbocycles. The quantitative estimate of drug-likeness (QED) is 0.348. The third-order valence-corrected chi connectivity index (χ3v) is 8.15. The lowest BCUT2D eigenvalue weighted by Gasteiger charge is -2.28. The predicted octanol–water partition coefficient (Wildman–Crippen LogP) is 5.51. The van der Waals surface area contributed by atoms with Crippen LogP contribution in [0.2, 0.25) is 0 Å². The lowest BCUT2D eigenvalue weighted by molar-refractivity contribution is 0.0692. The molecule has 2 atom stereocenters. The maximum absolute atomic E-state index is 13.9. The normalized spacial score (nSPS) is 18.9. The average molecular weight is 472 g/mol. The SMILES string of the molecule is Cc1ccc(S(=O)(=O)N2[C@H](CC(=O)c3ccccc3)CO[C@@H]2c2cccc3ccccc23)cc1. The highest BCUT2D eigenvalue weighted by molar-refractivity contribution is 7.89. The van der Waals surface area contributed by atoms with E-state index >= 15 is 0 Å². The standard InChI is InChI=1S/C28H25NO4S/c1-20-14-16-24(17-15-20)34(31,32)29-23(18-27(30)22-9-3-2-4-10-22)19-33-28(29)26-13-7-11-21-8-5-6-12-25(21)26/h2-17,23,28H,18-19H2,1H3/t23-,28-/m1/s1. The van der Waals surface area contributed by atoms with Crippen LogP contribution in [0.15, 0.2) is 102 Å². The number of fused-ring (bicyclic) bond motifs is 1. The van der Waals surface area contributed by atoms with Crippen LogP contribution in [-0.4, -0.2) is 31.2 Å². The average Bonchev–Trinajstić information content (AvgIpc) is 3.28. The van der Waals surface area contributed by atoms with Crippen LogP contribution in [0.25, 0.3) is 10.8 Å². The fourth-order valence-electron chi connectivity index (χ4n) is 4.49. The van der Waals surface area contributed by atoms with Gasteiger partial charge in [0.1, 0.15) is 0 Å². The molecule has 0 N–H and O–H groups in total. The van der Waals surface area contributed by atoms with Crippen molar-refractivity contribution in [1.29, 1.82) is 0 Å². The molecule has 34 heavy (non-hydrogen) atoms. The van der Waals surface area contributed by atoms with Crippen molar-refractivity contribution < 1.29 is 17.9 Å². The van der Waals surface area contributed by atoms with Gasteiger partial charge in [-0.05, 0) is 29.8 Å². The van der Waals surface area contributed by atoms with E-state index in [0.29, 0.717) is 5.56 Å². The largest absolute Gasteiger partial charge is 0.356 e. The Bertz CT molecular complexity index is 1430. The third kappa shape index (κ3) is 4.16. The number of hydrogen-bond donors (Lipinski definition) is 0. The van der Waals surface area contributed by atoms with E-state index in [1.165, 1.54) is 4.31 Å². The smallest absolute Gasteiger partial charge is 0.245 e. The molecular weight excluding hydrogens is 446 g/mol. The number of carbonyl (C=O) groups excluding carboxylic acids is 1. The topological polar surface area (TPSA) is 63.7 Å². The van der Waals surface area contributed by atoms with Crippen LogP contribution in [0.5, 0.6) is 0 Å². The minimum absolute atomic E-state index is 0.0381. The number of aryl methyl sites for hydroxylation is 1. The molecule has 5 rings (SSSR count). The molecule has 0 aliphatic carbocycles. The van der Waals surface area contributed by atoms with Crippen molar-refractivity contribution in [2.45, 2.75) is 30.5 Å². The van der Waals surface area contributed by atoms with E-state index in [9.17, 15) is 13.2 Å². The Balaban J connectivity index is 1.59. The van der Waals surface area contributed by atoms with E-state index in [1.54, 1.807) is 48.5 Å². The highest BCUT2D eigenvalue weighted by atomic mass is 32.2. The molecule has 0 unspecified atom stereocenters. The molecule has 4 aromatic rings. The van der Waals surface area contributed by atoms with Gasteiger partial charge in [-0.15, -0.1) is 0 Å². The summed E-state index contributed by atoms with van der Waals surface area (Å²) >= 11 is 0. The van der Waals surface area contributed by atoms with E-state index in [0.717, 1.165) is 21.9 Å². The zero-order valence-corrected chi connectivity index (χ0v) is 19.6. The summed E-state index contributed by atoms with van der Waals surface area (Å²) in [7, 11) is -3.94. The monoisotopic (exact) mass is 471 g/mol. The number of sulfonamides is 1. The lowest BCUT2D eigenvalue weighted by Crippen LogP contribution is -2.39. The molecule has 0 aromatic heterocycles. The molecular formula is C28H25NO4S. The summed E-state index contributed by atoms with van der Waals surface area (Å²) in [4.78, 5) is 13.2. The van der Waals surface area contributed by atoms with E-state index < -0.39 is 22.3 Å². The number of Topliss-reactive ketones (excluding diaryl/α,β-unsaturated/α-hetero) is 1. The van der Waals surface area contributed by atoms with Crippen LogP contribution in [0.1, 0.15) is 34.1 Å². The molecule has 1 aliphatic heterocycles. The zero-order valence-electron chi connectivity index (χ0n) is 18.8. The Morgan fingerprint density at radius 2 is 1.56 bits per heavy atom. The first-order chi connectivity index (χ1) is 16.4. The summed E-state index contributed by atoms with van der Waals surface area (Å²) in [5.41, 5.74) is 2.30. The van der Waals surface area contributed by atoms with Gasteiger partial charge < -0.3 is 4.74 Å². The Hall–Kier alpha value is -3.32. The van der Waals surface area contributed by atoms with Gasteiger partial charge >= 0.3 is 0 Å². The highest BCUT2D eigenvalue weighted by Crippen LogP contribution is 2.40. The first-order valence-corrected chi connectivity index (χ1v) is 12.7. The van der Waals surface area contributed by atoms with Crippen molar-refractivity contribution in [2.75, 3.05) is 6.61 Å². The fraction of sp³-hybridized carbons (Fsp3) is 0.179. The molecule has 0 spiro atoms. The van der Waals surface area contributed by atoms with Crippen LogP contribution in [0.4, 0.5) is 0 Å². The summed E-state index contributed by atoms with van der Waals surface area (Å²) < 4.78 is 35.4. The number of hydrogen-bond acceptors (Lipinski definition) is 4. The Kier molecular flexibility index (Phi) is 6.04. The van der Waals surface area contributed by atoms with Gasteiger partial charge in [0.2, 0.25) is 10.0 Å². The van der Waals surface area contributed by atoms with Crippen molar-refractivity contribution in [3.05, 3.63) is 114 Å². The van der Waals surface area contributed by atoms with Gasteiger partial charge in [0.25, 0.3) is 0 Å². The Morgan fingerprint density at radius 1 is 0.882 bits per heavy atom. The van der Waals surface area contributed by atoms with Crippen molar-refractivity contribution >= 4 is 26.6 Å². The van der Waals surface area contributed by atoms with Crippen molar-refractivity contribution in [2.24, 2.45) is 0 Å². The van der Waals surface area contributed by atoms with E-state index in [-0.39, 0.29) is 23.7 Å². The molecule has 5 nitrogen and oxygen atoms in total. The van der Waals surface area contributed by atoms with Crippen LogP contribution in [0.3, 0.4) is 0 Å². The number of ether oxygens (including phenoxy) is 1. The Morgan fingerprint density at radius 3 is 2.32 bits per heavy atom. The summed E-state index contributed by atoms with van der Waals surface area (Å²) in [6, 6.07) is 28.7. The summed E-state index contributed by atoms with van der Waals surface area (Å²) in [5, 5.41) is 1.93. The number of ketones is 1. The molecule has 0 amide bonds. The number of nitrogens with zero attached hydrogens (tertiary/aromatic N) is 1. The fourth-order valence-corrected chi connectivity index (χ4v) is 6.17. The van der Waals surface area contributed by atoms with Gasteiger partial charge in [-0.1, -0.05) is 90.5 Å². The molecule has 172 valence electrons. The Labute approximate surface area is 199 Å². The van der Waals surface area contributed by atoms with E-state index in [2.05, 4.69) is 0 Å². The van der Waals surface area contributed by atoms with Crippen molar-refractivity contribution in [3.63, 3.8) is 0 Å². The summed E-state index contributed by atoms with van der Waals surface area (Å²) in [5.74, 6) is -0.114. The minimum Gasteiger partial charge on any atom is -0.356 e. The van der Waals surface area contributed by atoms with Gasteiger partial charge in [-0.3, -0.25) is 4.79 Å². The second kappa shape index (κ2) is 9.14. The van der Waals surface area contributed by atoms with Crippen molar-refractivity contribution in [1.82, 2.24) is 4.31 Å². The van der Waals surface area contributed by atoms with Gasteiger partial charge in [0, 0.05) is 17.5 Å². The first kappa shape index (κ1) is 22.5. The molecule has 1 aliphatic rings. The van der Waals surface area contributed by atoms with E-state index in [4.69, 9.17) is 4.74 Å². The first-order valence-electron chi connectivity index (χ1n) is 11.2. The van der Waals surface area contributed by atoms with Crippen LogP contribution < -0.4 is 0 Å². The van der Waals surface area contributed by atoms with Crippen LogP contribution >= 0.6 is 0 Å². The molecule has 1 heterocycles.